The minimum absolute atomic E-state index is 0. The number of nitrogens with zero attached hydrogens (tertiary/aromatic N) is 2. The van der Waals surface area contributed by atoms with Gasteiger partial charge in [-0.05, 0) is 38.3 Å². The first-order chi connectivity index (χ1) is 10.9. The third kappa shape index (κ3) is 6.45. The Bertz CT molecular complexity index is 558. The number of aryl methyl sites for hydroxylation is 1. The highest BCUT2D eigenvalue weighted by Gasteiger charge is 2.30. The van der Waals surface area contributed by atoms with Gasteiger partial charge in [0.15, 0.2) is 0 Å². The number of anilines is 1. The lowest BCUT2D eigenvalue weighted by molar-refractivity contribution is -0.138. The molecule has 8 heteroatoms. The molecule has 0 radical (unpaired) electrons. The van der Waals surface area contributed by atoms with Crippen LogP contribution in [0, 0.1) is 18.8 Å². The lowest BCUT2D eigenvalue weighted by atomic mass is 9.94. The van der Waals surface area contributed by atoms with E-state index in [9.17, 15) is 9.59 Å². The molecule has 1 aromatic heterocycles. The second kappa shape index (κ2) is 10.6. The zero-order chi connectivity index (χ0) is 17.0. The number of amides is 2. The van der Waals surface area contributed by atoms with E-state index in [-0.39, 0.29) is 54.5 Å². The fraction of sp³-hybridized carbons (Fsp3) is 0.588. The van der Waals surface area contributed by atoms with Crippen molar-refractivity contribution in [2.75, 3.05) is 18.4 Å². The van der Waals surface area contributed by atoms with Crippen LogP contribution in [0.1, 0.15) is 32.3 Å². The Kier molecular flexibility index (Phi) is 10.0. The predicted molar refractivity (Wildman–Crippen MR) is 104 cm³/mol. The summed E-state index contributed by atoms with van der Waals surface area (Å²) in [6.45, 7) is 6.87. The topological polar surface area (TPSA) is 88.3 Å². The smallest absolute Gasteiger partial charge is 0.228 e. The van der Waals surface area contributed by atoms with E-state index in [1.54, 1.807) is 12.3 Å². The molecule has 1 fully saturated rings. The van der Waals surface area contributed by atoms with Gasteiger partial charge in [-0.1, -0.05) is 13.0 Å². The molecule has 2 atom stereocenters. The maximum Gasteiger partial charge on any atom is 0.228 e. The van der Waals surface area contributed by atoms with Crippen LogP contribution in [0.15, 0.2) is 18.3 Å². The number of rotatable bonds is 4. The van der Waals surface area contributed by atoms with Gasteiger partial charge in [0.1, 0.15) is 5.82 Å². The van der Waals surface area contributed by atoms with Gasteiger partial charge < -0.3 is 16.0 Å². The predicted octanol–water partition coefficient (Wildman–Crippen LogP) is 2.39. The molecule has 0 spiro atoms. The SMILES string of the molecule is Cc1ccc(NC(=O)C2CCN(C(=O)C(C)C(C)N)CC2)nc1.Cl.Cl. The van der Waals surface area contributed by atoms with Gasteiger partial charge >= 0.3 is 0 Å². The fourth-order valence-electron chi connectivity index (χ4n) is 2.64. The molecular weight excluding hydrogens is 363 g/mol. The Labute approximate surface area is 161 Å². The van der Waals surface area contributed by atoms with E-state index in [2.05, 4.69) is 10.3 Å². The molecule has 2 unspecified atom stereocenters. The summed E-state index contributed by atoms with van der Waals surface area (Å²) in [5, 5.41) is 2.85. The molecule has 6 nitrogen and oxygen atoms in total. The standard InChI is InChI=1S/C17H26N4O2.2ClH/c1-11-4-5-15(19-10-11)20-16(22)14-6-8-21(9-7-14)17(23)12(2)13(3)18;;/h4-5,10,12-14H,6-9,18H2,1-3H3,(H,19,20,22);2*1H. The Morgan fingerprint density at radius 3 is 2.32 bits per heavy atom. The number of aromatic nitrogens is 1. The Morgan fingerprint density at radius 2 is 1.84 bits per heavy atom. The summed E-state index contributed by atoms with van der Waals surface area (Å²) in [5.41, 5.74) is 6.85. The van der Waals surface area contributed by atoms with Crippen molar-refractivity contribution in [1.29, 1.82) is 0 Å². The van der Waals surface area contributed by atoms with Gasteiger partial charge in [0.2, 0.25) is 11.8 Å². The molecule has 0 bridgehead atoms. The highest BCUT2D eigenvalue weighted by Crippen LogP contribution is 2.21. The summed E-state index contributed by atoms with van der Waals surface area (Å²) in [6, 6.07) is 3.56. The third-order valence-electron chi connectivity index (χ3n) is 4.52. The quantitative estimate of drug-likeness (QED) is 0.825. The second-order valence-electron chi connectivity index (χ2n) is 6.46. The summed E-state index contributed by atoms with van der Waals surface area (Å²) < 4.78 is 0. The maximum atomic E-state index is 12.3. The van der Waals surface area contributed by atoms with Gasteiger partial charge in [-0.2, -0.15) is 0 Å². The first-order valence-corrected chi connectivity index (χ1v) is 8.16. The Balaban J connectivity index is 0.00000288. The normalized spacial score (nSPS) is 16.9. The van der Waals surface area contributed by atoms with Crippen molar-refractivity contribution in [2.24, 2.45) is 17.6 Å². The van der Waals surface area contributed by atoms with Crippen LogP contribution in [-0.4, -0.2) is 40.8 Å². The average Bonchev–Trinajstić information content (AvgIpc) is 2.55. The molecule has 0 aliphatic carbocycles. The molecule has 1 aliphatic heterocycles. The highest BCUT2D eigenvalue weighted by atomic mass is 35.5. The van der Waals surface area contributed by atoms with E-state index in [1.807, 2.05) is 31.7 Å². The molecule has 3 N–H and O–H groups in total. The third-order valence-corrected chi connectivity index (χ3v) is 4.52. The molecule has 1 aliphatic rings. The molecule has 2 heterocycles. The van der Waals surface area contributed by atoms with Gasteiger partial charge in [0.05, 0.1) is 5.92 Å². The zero-order valence-corrected chi connectivity index (χ0v) is 16.5. The van der Waals surface area contributed by atoms with Crippen molar-refractivity contribution < 1.29 is 9.59 Å². The molecule has 25 heavy (non-hydrogen) atoms. The summed E-state index contributed by atoms with van der Waals surface area (Å²) in [6.07, 6.45) is 3.08. The number of piperidine rings is 1. The van der Waals surface area contributed by atoms with Crippen LogP contribution in [0.25, 0.3) is 0 Å². The number of hydrogen-bond donors (Lipinski definition) is 2. The van der Waals surface area contributed by atoms with Crippen molar-refractivity contribution in [3.63, 3.8) is 0 Å². The average molecular weight is 391 g/mol. The second-order valence-corrected chi connectivity index (χ2v) is 6.46. The monoisotopic (exact) mass is 390 g/mol. The minimum Gasteiger partial charge on any atom is -0.342 e. The number of hydrogen-bond acceptors (Lipinski definition) is 4. The molecule has 0 aromatic carbocycles. The summed E-state index contributed by atoms with van der Waals surface area (Å²) >= 11 is 0. The summed E-state index contributed by atoms with van der Waals surface area (Å²) in [5.74, 6) is 0.377. The Morgan fingerprint density at radius 1 is 1.24 bits per heavy atom. The molecule has 1 saturated heterocycles. The van der Waals surface area contributed by atoms with E-state index >= 15 is 0 Å². The number of carbonyl (C=O) groups is 2. The first-order valence-electron chi connectivity index (χ1n) is 8.16. The van der Waals surface area contributed by atoms with Crippen LogP contribution in [0.4, 0.5) is 5.82 Å². The lowest BCUT2D eigenvalue weighted by Crippen LogP contribution is -2.46. The summed E-state index contributed by atoms with van der Waals surface area (Å²) in [7, 11) is 0. The van der Waals surface area contributed by atoms with Gasteiger partial charge in [-0.15, -0.1) is 24.8 Å². The first kappa shape index (κ1) is 23.6. The molecule has 2 rings (SSSR count). The minimum atomic E-state index is -0.183. The lowest BCUT2D eigenvalue weighted by Gasteiger charge is -2.33. The zero-order valence-electron chi connectivity index (χ0n) is 14.9. The highest BCUT2D eigenvalue weighted by molar-refractivity contribution is 5.92. The van der Waals surface area contributed by atoms with Crippen molar-refractivity contribution in [3.8, 4) is 0 Å². The van der Waals surface area contributed by atoms with Crippen LogP contribution in [-0.2, 0) is 9.59 Å². The van der Waals surface area contributed by atoms with Crippen LogP contribution < -0.4 is 11.1 Å². The van der Waals surface area contributed by atoms with Crippen LogP contribution in [0.2, 0.25) is 0 Å². The summed E-state index contributed by atoms with van der Waals surface area (Å²) in [4.78, 5) is 30.6. The van der Waals surface area contributed by atoms with E-state index in [1.165, 1.54) is 0 Å². The van der Waals surface area contributed by atoms with Crippen molar-refractivity contribution in [2.45, 2.75) is 39.7 Å². The van der Waals surface area contributed by atoms with Gasteiger partial charge in [-0.25, -0.2) is 4.98 Å². The molecule has 0 saturated carbocycles. The number of likely N-dealkylation sites (tertiary alicyclic amines) is 1. The maximum absolute atomic E-state index is 12.3. The van der Waals surface area contributed by atoms with Crippen LogP contribution in [0.5, 0.6) is 0 Å². The van der Waals surface area contributed by atoms with E-state index in [0.717, 1.165) is 5.56 Å². The molecule has 1 aromatic rings. The number of pyridine rings is 1. The van der Waals surface area contributed by atoms with Crippen LogP contribution >= 0.6 is 24.8 Å². The van der Waals surface area contributed by atoms with Crippen molar-refractivity contribution >= 4 is 42.4 Å². The molecular formula is C17H28Cl2N4O2. The van der Waals surface area contributed by atoms with Gasteiger partial charge in [0, 0.05) is 31.2 Å². The number of halogens is 2. The van der Waals surface area contributed by atoms with E-state index in [0.29, 0.717) is 31.7 Å². The van der Waals surface area contributed by atoms with Crippen molar-refractivity contribution in [3.05, 3.63) is 23.9 Å². The van der Waals surface area contributed by atoms with E-state index < -0.39 is 0 Å². The number of carbonyl (C=O) groups excluding carboxylic acids is 2. The van der Waals surface area contributed by atoms with E-state index in [4.69, 9.17) is 5.73 Å². The van der Waals surface area contributed by atoms with Gasteiger partial charge in [-0.3, -0.25) is 9.59 Å². The number of nitrogens with one attached hydrogen (secondary N) is 1. The van der Waals surface area contributed by atoms with Gasteiger partial charge in [0.25, 0.3) is 0 Å². The number of nitrogens with two attached hydrogens (primary N) is 1. The fourth-order valence-corrected chi connectivity index (χ4v) is 2.64. The van der Waals surface area contributed by atoms with Crippen LogP contribution in [0.3, 0.4) is 0 Å². The molecule has 142 valence electrons. The largest absolute Gasteiger partial charge is 0.342 e. The van der Waals surface area contributed by atoms with Crippen molar-refractivity contribution in [1.82, 2.24) is 9.88 Å². The Hall–Kier alpha value is -1.37. The molecule has 2 amide bonds.